The zero-order chi connectivity index (χ0) is 17.7. The maximum absolute atomic E-state index is 12.5. The molecule has 1 heterocycles. The fourth-order valence-electron chi connectivity index (χ4n) is 2.40. The molecule has 1 aromatic heterocycles. The van der Waals surface area contributed by atoms with Gasteiger partial charge in [-0.25, -0.2) is 0 Å². The second kappa shape index (κ2) is 7.59. The van der Waals surface area contributed by atoms with Gasteiger partial charge in [0.25, 0.3) is 5.91 Å². The van der Waals surface area contributed by atoms with Crippen molar-refractivity contribution in [2.75, 3.05) is 13.1 Å². The van der Waals surface area contributed by atoms with Crippen LogP contribution in [-0.2, 0) is 4.79 Å². The molecule has 0 fully saturated rings. The second-order valence-corrected chi connectivity index (χ2v) is 5.98. The van der Waals surface area contributed by atoms with E-state index in [9.17, 15) is 14.4 Å². The number of aromatic nitrogens is 1. The van der Waals surface area contributed by atoms with Crippen LogP contribution in [0.3, 0.4) is 0 Å². The Hall–Kier alpha value is -2.89. The van der Waals surface area contributed by atoms with E-state index in [0.717, 1.165) is 0 Å². The minimum atomic E-state index is -1.05. The highest BCUT2D eigenvalue weighted by Gasteiger charge is 2.20. The lowest BCUT2D eigenvalue weighted by atomic mass is 10.0. The molecule has 0 unspecified atom stereocenters. The number of aliphatic carboxylic acids is 1. The average molecular weight is 328 g/mol. The number of hydrogen-bond acceptors (Lipinski definition) is 3. The molecule has 1 aromatic carbocycles. The Morgan fingerprint density at radius 1 is 1.04 bits per heavy atom. The monoisotopic (exact) mass is 328 g/mol. The van der Waals surface area contributed by atoms with Crippen molar-refractivity contribution < 1.29 is 19.5 Å². The van der Waals surface area contributed by atoms with E-state index < -0.39 is 5.97 Å². The highest BCUT2D eigenvalue weighted by atomic mass is 16.4. The topological polar surface area (TPSA) is 90.5 Å². The van der Waals surface area contributed by atoms with Crippen molar-refractivity contribution in [3.05, 3.63) is 59.4 Å². The number of carboxylic acid groups (broad SMARTS) is 1. The third kappa shape index (κ3) is 4.32. The first-order valence-electron chi connectivity index (χ1n) is 7.67. The first kappa shape index (κ1) is 17.5. The predicted molar refractivity (Wildman–Crippen MR) is 89.0 cm³/mol. The number of carbonyl (C=O) groups is 3. The number of hydrogen-bond donors (Lipinski definition) is 2. The lowest BCUT2D eigenvalue weighted by molar-refractivity contribution is -0.137. The summed E-state index contributed by atoms with van der Waals surface area (Å²) in [6.45, 7) is 3.84. The molecule has 6 nitrogen and oxygen atoms in total. The Labute approximate surface area is 140 Å². The van der Waals surface area contributed by atoms with Crippen LogP contribution in [0.2, 0.25) is 0 Å². The summed E-state index contributed by atoms with van der Waals surface area (Å²) >= 11 is 0. The Kier molecular flexibility index (Phi) is 5.52. The maximum atomic E-state index is 12.5. The molecule has 2 rings (SSSR count). The van der Waals surface area contributed by atoms with Crippen LogP contribution in [0.15, 0.2) is 42.7 Å². The number of carboxylic acids is 1. The van der Waals surface area contributed by atoms with Crippen molar-refractivity contribution in [2.24, 2.45) is 5.92 Å². The fraction of sp³-hybridized carbons (Fsp3) is 0.278. The molecule has 0 radical (unpaired) electrons. The van der Waals surface area contributed by atoms with Crippen LogP contribution in [0, 0.1) is 5.92 Å². The Balaban J connectivity index is 2.17. The number of amides is 1. The number of carbonyl (C=O) groups excluding carboxylic acids is 2. The molecule has 0 bridgehead atoms. The lowest BCUT2D eigenvalue weighted by Gasteiger charge is -2.22. The maximum Gasteiger partial charge on any atom is 0.323 e. The van der Waals surface area contributed by atoms with Crippen LogP contribution in [0.5, 0.6) is 0 Å². The van der Waals surface area contributed by atoms with Gasteiger partial charge in [-0.05, 0) is 24.1 Å². The number of rotatable bonds is 7. The second-order valence-electron chi connectivity index (χ2n) is 5.98. The quantitative estimate of drug-likeness (QED) is 0.764. The lowest BCUT2D eigenvalue weighted by Crippen LogP contribution is -2.38. The average Bonchev–Trinajstić information content (AvgIpc) is 3.06. The molecule has 1 amide bonds. The van der Waals surface area contributed by atoms with E-state index in [1.807, 2.05) is 13.8 Å². The van der Waals surface area contributed by atoms with Crippen molar-refractivity contribution in [3.8, 4) is 0 Å². The van der Waals surface area contributed by atoms with Crippen LogP contribution < -0.4 is 0 Å². The van der Waals surface area contributed by atoms with Gasteiger partial charge in [0, 0.05) is 35.6 Å². The third-order valence-electron chi connectivity index (χ3n) is 3.45. The number of nitrogens with zero attached hydrogens (tertiary/aromatic N) is 1. The molecule has 2 aromatic rings. The van der Waals surface area contributed by atoms with E-state index >= 15 is 0 Å². The summed E-state index contributed by atoms with van der Waals surface area (Å²) in [5.74, 6) is -1.39. The molecule has 0 saturated heterocycles. The zero-order valence-electron chi connectivity index (χ0n) is 13.7. The first-order chi connectivity index (χ1) is 11.4. The van der Waals surface area contributed by atoms with Gasteiger partial charge in [0.2, 0.25) is 0 Å². The zero-order valence-corrected chi connectivity index (χ0v) is 13.7. The minimum absolute atomic E-state index is 0.139. The first-order valence-corrected chi connectivity index (χ1v) is 7.67. The molecule has 2 N–H and O–H groups in total. The van der Waals surface area contributed by atoms with Gasteiger partial charge in [-0.1, -0.05) is 26.0 Å². The number of ketones is 1. The largest absolute Gasteiger partial charge is 0.480 e. The molecule has 0 aliphatic rings. The van der Waals surface area contributed by atoms with Gasteiger partial charge in [0.15, 0.2) is 5.78 Å². The van der Waals surface area contributed by atoms with Gasteiger partial charge in [-0.15, -0.1) is 0 Å². The summed E-state index contributed by atoms with van der Waals surface area (Å²) in [5, 5.41) is 8.97. The number of benzene rings is 1. The molecule has 0 spiro atoms. The molecule has 126 valence electrons. The summed E-state index contributed by atoms with van der Waals surface area (Å²) in [5.41, 5.74) is 1.38. The molecule has 0 aliphatic heterocycles. The molecule has 0 aliphatic carbocycles. The summed E-state index contributed by atoms with van der Waals surface area (Å²) in [7, 11) is 0. The summed E-state index contributed by atoms with van der Waals surface area (Å²) in [6.07, 6.45) is 3.28. The Morgan fingerprint density at radius 2 is 1.67 bits per heavy atom. The molecular weight excluding hydrogens is 308 g/mol. The molecule has 6 heteroatoms. The number of nitrogens with one attached hydrogen (secondary N) is 1. The van der Waals surface area contributed by atoms with Crippen LogP contribution in [-0.4, -0.2) is 45.7 Å². The fourth-order valence-corrected chi connectivity index (χ4v) is 2.40. The van der Waals surface area contributed by atoms with Gasteiger partial charge in [-0.2, -0.15) is 0 Å². The molecular formula is C18H20N2O4. The highest BCUT2D eigenvalue weighted by Crippen LogP contribution is 2.13. The van der Waals surface area contributed by atoms with Gasteiger partial charge < -0.3 is 15.0 Å². The van der Waals surface area contributed by atoms with Gasteiger partial charge in [0.05, 0.1) is 0 Å². The van der Waals surface area contributed by atoms with Crippen molar-refractivity contribution in [1.82, 2.24) is 9.88 Å². The minimum Gasteiger partial charge on any atom is -0.480 e. The number of aromatic amines is 1. The summed E-state index contributed by atoms with van der Waals surface area (Å²) in [6, 6.07) is 7.95. The molecule has 24 heavy (non-hydrogen) atoms. The Bertz CT molecular complexity index is 718. The van der Waals surface area contributed by atoms with Crippen molar-refractivity contribution in [3.63, 3.8) is 0 Å². The summed E-state index contributed by atoms with van der Waals surface area (Å²) in [4.78, 5) is 39.8. The van der Waals surface area contributed by atoms with Crippen molar-refractivity contribution in [2.45, 2.75) is 13.8 Å². The van der Waals surface area contributed by atoms with Gasteiger partial charge in [0.1, 0.15) is 6.54 Å². The summed E-state index contributed by atoms with van der Waals surface area (Å²) < 4.78 is 0. The van der Waals surface area contributed by atoms with Crippen molar-refractivity contribution >= 4 is 17.7 Å². The van der Waals surface area contributed by atoms with Crippen LogP contribution >= 0.6 is 0 Å². The van der Waals surface area contributed by atoms with E-state index in [0.29, 0.717) is 23.2 Å². The molecule has 0 atom stereocenters. The van der Waals surface area contributed by atoms with Crippen molar-refractivity contribution in [1.29, 1.82) is 0 Å². The number of H-pyrrole nitrogens is 1. The predicted octanol–water partition coefficient (Wildman–Crippen LogP) is 2.43. The van der Waals surface area contributed by atoms with E-state index in [1.54, 1.807) is 42.7 Å². The van der Waals surface area contributed by atoms with E-state index in [1.165, 1.54) is 4.90 Å². The normalized spacial score (nSPS) is 10.6. The van der Waals surface area contributed by atoms with E-state index in [2.05, 4.69) is 4.98 Å². The van der Waals surface area contributed by atoms with Crippen LogP contribution in [0.25, 0.3) is 0 Å². The van der Waals surface area contributed by atoms with E-state index in [4.69, 9.17) is 5.11 Å². The van der Waals surface area contributed by atoms with Crippen LogP contribution in [0.1, 0.15) is 40.1 Å². The standard InChI is InChI=1S/C18H20N2O4/c1-12(2)10-20(11-16(21)22)18(24)14-5-3-13(4-6-14)17(23)15-7-8-19-9-15/h3-9,12,19H,10-11H2,1-2H3,(H,21,22). The smallest absolute Gasteiger partial charge is 0.323 e. The third-order valence-corrected chi connectivity index (χ3v) is 3.45. The van der Waals surface area contributed by atoms with E-state index in [-0.39, 0.29) is 24.2 Å². The highest BCUT2D eigenvalue weighted by molar-refractivity contribution is 6.09. The van der Waals surface area contributed by atoms with Gasteiger partial charge in [-0.3, -0.25) is 14.4 Å². The Morgan fingerprint density at radius 3 is 2.17 bits per heavy atom. The molecule has 0 saturated carbocycles. The van der Waals surface area contributed by atoms with Crippen LogP contribution in [0.4, 0.5) is 0 Å². The SMILES string of the molecule is CC(C)CN(CC(=O)O)C(=O)c1ccc(C(=O)c2cc[nH]c2)cc1. The van der Waals surface area contributed by atoms with Gasteiger partial charge >= 0.3 is 5.97 Å².